The van der Waals surface area contributed by atoms with Crippen LogP contribution in [0, 0.1) is 5.41 Å². The lowest BCUT2D eigenvalue weighted by atomic mass is 10.2. The standard InChI is InChI=1S/C10H10N2OS.C6H12N2.C5H10/c1-12(2)9-3-4-11-10-8(9)5-7(6-13)14-10;1-3-4-5-8(2)6-7;1-3-5-4-2/h3-6H,1-2H3;4-7H,3H2,1-2H3;3H,1,4-5H2,2H3/b;5-4+,7-6?;. The van der Waals surface area contributed by atoms with Crippen molar-refractivity contribution >= 4 is 39.9 Å². The maximum atomic E-state index is 10.6. The van der Waals surface area contributed by atoms with Crippen molar-refractivity contribution in [2.24, 2.45) is 0 Å². The number of anilines is 1. The van der Waals surface area contributed by atoms with Crippen LogP contribution in [0.5, 0.6) is 0 Å². The molecule has 0 radical (unpaired) electrons. The van der Waals surface area contributed by atoms with Crippen molar-refractivity contribution < 1.29 is 4.79 Å². The van der Waals surface area contributed by atoms with E-state index in [0.717, 1.165) is 39.9 Å². The van der Waals surface area contributed by atoms with Crippen molar-refractivity contribution in [1.29, 1.82) is 5.41 Å². The molecule has 0 aliphatic rings. The van der Waals surface area contributed by atoms with Crippen molar-refractivity contribution in [3.63, 3.8) is 0 Å². The molecule has 0 aliphatic heterocycles. The van der Waals surface area contributed by atoms with Crippen LogP contribution in [0.1, 0.15) is 42.8 Å². The van der Waals surface area contributed by atoms with Gasteiger partial charge in [0, 0.05) is 44.6 Å². The maximum absolute atomic E-state index is 10.6. The Balaban J connectivity index is 0.000000443. The highest BCUT2D eigenvalue weighted by atomic mass is 32.1. The number of nitrogens with zero attached hydrogens (tertiary/aromatic N) is 3. The third-order valence-electron chi connectivity index (χ3n) is 3.30. The minimum atomic E-state index is 0.724. The van der Waals surface area contributed by atoms with Crippen molar-refractivity contribution in [3.05, 3.63) is 48.1 Å². The summed E-state index contributed by atoms with van der Waals surface area (Å²) >= 11 is 1.42. The SMILES string of the molecule is C=CCCC.CC/C=C/N(C)C=N.CN(C)c1ccnc2sc(C=O)cc12. The molecule has 1 N–H and O–H groups in total. The van der Waals surface area contributed by atoms with E-state index in [4.69, 9.17) is 5.41 Å². The van der Waals surface area contributed by atoms with Gasteiger partial charge >= 0.3 is 0 Å². The molecule has 6 heteroatoms. The van der Waals surface area contributed by atoms with Gasteiger partial charge < -0.3 is 9.80 Å². The average molecular weight is 389 g/mol. The molecule has 0 atom stereocenters. The molecule has 0 bridgehead atoms. The summed E-state index contributed by atoms with van der Waals surface area (Å²) in [6.07, 6.45) is 13.1. The second-order valence-corrected chi connectivity index (χ2v) is 6.94. The van der Waals surface area contributed by atoms with Gasteiger partial charge in [-0.2, -0.15) is 0 Å². The fourth-order valence-electron chi connectivity index (χ4n) is 1.91. The van der Waals surface area contributed by atoms with Gasteiger partial charge in [-0.15, -0.1) is 17.9 Å². The summed E-state index contributed by atoms with van der Waals surface area (Å²) in [6, 6.07) is 3.83. The first kappa shape index (κ1) is 24.5. The molecule has 0 unspecified atom stereocenters. The smallest absolute Gasteiger partial charge is 0.160 e. The first-order chi connectivity index (χ1) is 12.9. The molecule has 148 valence electrons. The topological polar surface area (TPSA) is 60.3 Å². The lowest BCUT2D eigenvalue weighted by Gasteiger charge is -2.12. The summed E-state index contributed by atoms with van der Waals surface area (Å²) < 4.78 is 0. The van der Waals surface area contributed by atoms with E-state index in [1.165, 1.54) is 24.1 Å². The van der Waals surface area contributed by atoms with Crippen LogP contribution in [0.2, 0.25) is 0 Å². The minimum Gasteiger partial charge on any atom is -0.377 e. The number of aldehydes is 1. The van der Waals surface area contributed by atoms with Gasteiger partial charge in [0.1, 0.15) is 4.83 Å². The van der Waals surface area contributed by atoms with Crippen LogP contribution in [0.3, 0.4) is 0 Å². The Morgan fingerprint density at radius 1 is 1.30 bits per heavy atom. The molecular formula is C21H32N4OS. The first-order valence-corrected chi connectivity index (χ1v) is 9.77. The van der Waals surface area contributed by atoms with Gasteiger partial charge in [-0.25, -0.2) is 4.98 Å². The Kier molecular flexibility index (Phi) is 13.3. The number of hydrogen-bond acceptors (Lipinski definition) is 5. The van der Waals surface area contributed by atoms with Gasteiger partial charge in [-0.3, -0.25) is 10.2 Å². The summed E-state index contributed by atoms with van der Waals surface area (Å²) in [5.41, 5.74) is 1.10. The van der Waals surface area contributed by atoms with E-state index < -0.39 is 0 Å². The van der Waals surface area contributed by atoms with E-state index in [1.54, 1.807) is 11.1 Å². The number of carbonyl (C=O) groups is 1. The Morgan fingerprint density at radius 3 is 2.44 bits per heavy atom. The van der Waals surface area contributed by atoms with Gasteiger partial charge in [0.2, 0.25) is 0 Å². The molecule has 5 nitrogen and oxygen atoms in total. The van der Waals surface area contributed by atoms with E-state index in [1.807, 2.05) is 56.5 Å². The van der Waals surface area contributed by atoms with Crippen molar-refractivity contribution in [2.45, 2.75) is 33.1 Å². The number of pyridine rings is 1. The van der Waals surface area contributed by atoms with Gasteiger partial charge in [0.05, 0.1) is 11.2 Å². The number of fused-ring (bicyclic) bond motifs is 1. The highest BCUT2D eigenvalue weighted by molar-refractivity contribution is 7.20. The quantitative estimate of drug-likeness (QED) is 0.290. The molecule has 0 saturated heterocycles. The van der Waals surface area contributed by atoms with Crippen molar-refractivity contribution in [2.75, 3.05) is 26.0 Å². The molecule has 0 amide bonds. The number of rotatable bonds is 7. The van der Waals surface area contributed by atoms with Crippen LogP contribution in [0.25, 0.3) is 10.2 Å². The Labute approximate surface area is 167 Å². The fraction of sp³-hybridized carbons (Fsp3) is 0.381. The van der Waals surface area contributed by atoms with E-state index in [2.05, 4.69) is 25.4 Å². The van der Waals surface area contributed by atoms with Gasteiger partial charge in [0.15, 0.2) is 6.29 Å². The molecule has 2 aromatic rings. The second-order valence-electron chi connectivity index (χ2n) is 5.87. The number of aromatic nitrogens is 1. The number of unbranched alkanes of at least 4 members (excludes halogenated alkanes) is 1. The predicted octanol–water partition coefficient (Wildman–Crippen LogP) is 5.60. The third kappa shape index (κ3) is 9.70. The van der Waals surface area contributed by atoms with Gasteiger partial charge in [0.25, 0.3) is 0 Å². The van der Waals surface area contributed by atoms with Crippen LogP contribution in [0.4, 0.5) is 5.69 Å². The van der Waals surface area contributed by atoms with Crippen LogP contribution >= 0.6 is 11.3 Å². The van der Waals surface area contributed by atoms with Crippen LogP contribution < -0.4 is 4.90 Å². The maximum Gasteiger partial charge on any atom is 0.160 e. The summed E-state index contributed by atoms with van der Waals surface area (Å²) in [6.45, 7) is 7.75. The molecule has 0 aliphatic carbocycles. The zero-order chi connectivity index (χ0) is 20.7. The molecule has 2 heterocycles. The molecular weight excluding hydrogens is 356 g/mol. The molecule has 2 aromatic heterocycles. The van der Waals surface area contributed by atoms with E-state index in [-0.39, 0.29) is 0 Å². The van der Waals surface area contributed by atoms with Crippen LogP contribution in [-0.4, -0.2) is 43.7 Å². The van der Waals surface area contributed by atoms with Crippen molar-refractivity contribution in [3.8, 4) is 0 Å². The van der Waals surface area contributed by atoms with Crippen LogP contribution in [0.15, 0.2) is 43.3 Å². The molecule has 2 rings (SSSR count). The van der Waals surface area contributed by atoms with Gasteiger partial charge in [-0.1, -0.05) is 32.4 Å². The van der Waals surface area contributed by atoms with E-state index in [9.17, 15) is 4.79 Å². The lowest BCUT2D eigenvalue weighted by Crippen LogP contribution is -2.08. The number of thiophene rings is 1. The Hall–Kier alpha value is -2.47. The zero-order valence-electron chi connectivity index (χ0n) is 17.1. The summed E-state index contributed by atoms with van der Waals surface area (Å²) in [5, 5.41) is 7.78. The number of carbonyl (C=O) groups excluding carboxylic acids is 1. The molecule has 27 heavy (non-hydrogen) atoms. The number of hydrogen-bond donors (Lipinski definition) is 1. The summed E-state index contributed by atoms with van der Waals surface area (Å²) in [4.78, 5) is 20.2. The molecule has 0 spiro atoms. The third-order valence-corrected chi connectivity index (χ3v) is 4.27. The average Bonchev–Trinajstić information content (AvgIpc) is 3.10. The van der Waals surface area contributed by atoms with Gasteiger partial charge in [-0.05, 0) is 25.0 Å². The number of allylic oxidation sites excluding steroid dienone is 2. The Morgan fingerprint density at radius 2 is 2.00 bits per heavy atom. The predicted molar refractivity (Wildman–Crippen MR) is 120 cm³/mol. The lowest BCUT2D eigenvalue weighted by molar-refractivity contribution is 0.112. The highest BCUT2D eigenvalue weighted by Gasteiger charge is 2.07. The zero-order valence-corrected chi connectivity index (χ0v) is 17.9. The second kappa shape index (κ2) is 14.7. The van der Waals surface area contributed by atoms with Crippen molar-refractivity contribution in [1.82, 2.24) is 9.88 Å². The summed E-state index contributed by atoms with van der Waals surface area (Å²) in [5.74, 6) is 0. The number of nitrogens with one attached hydrogen (secondary N) is 1. The molecule has 0 fully saturated rings. The minimum absolute atomic E-state index is 0.724. The van der Waals surface area contributed by atoms with E-state index >= 15 is 0 Å². The Bertz CT molecular complexity index is 722. The fourth-order valence-corrected chi connectivity index (χ4v) is 2.75. The molecule has 0 saturated carbocycles. The largest absolute Gasteiger partial charge is 0.377 e. The van der Waals surface area contributed by atoms with E-state index in [0.29, 0.717) is 0 Å². The highest BCUT2D eigenvalue weighted by Crippen LogP contribution is 2.29. The first-order valence-electron chi connectivity index (χ1n) is 8.96. The molecule has 0 aromatic carbocycles. The monoisotopic (exact) mass is 388 g/mol. The normalized spacial score (nSPS) is 9.67. The summed E-state index contributed by atoms with van der Waals surface area (Å²) in [7, 11) is 5.79. The van der Waals surface area contributed by atoms with Crippen LogP contribution in [-0.2, 0) is 0 Å².